The Labute approximate surface area is 177 Å². The van der Waals surface area contributed by atoms with Gasteiger partial charge < -0.3 is 15.0 Å². The van der Waals surface area contributed by atoms with Gasteiger partial charge >= 0.3 is 0 Å². The van der Waals surface area contributed by atoms with Crippen LogP contribution in [0.5, 0.6) is 5.75 Å². The van der Waals surface area contributed by atoms with Gasteiger partial charge in [-0.15, -0.1) is 0 Å². The highest BCUT2D eigenvalue weighted by Gasteiger charge is 2.31. The molecule has 0 saturated heterocycles. The van der Waals surface area contributed by atoms with Gasteiger partial charge in [0.15, 0.2) is 0 Å². The first-order valence-electron chi connectivity index (χ1n) is 10.1. The molecule has 4 nitrogen and oxygen atoms in total. The van der Waals surface area contributed by atoms with Gasteiger partial charge in [0.2, 0.25) is 0 Å². The summed E-state index contributed by atoms with van der Waals surface area (Å²) in [5.41, 5.74) is 3.80. The second kappa shape index (κ2) is 8.46. The van der Waals surface area contributed by atoms with E-state index in [0.717, 1.165) is 28.3 Å². The first-order chi connectivity index (χ1) is 14.5. The molecule has 0 saturated carbocycles. The highest BCUT2D eigenvalue weighted by atomic mass is 16.5. The van der Waals surface area contributed by atoms with Crippen LogP contribution < -0.4 is 15.0 Å². The van der Waals surface area contributed by atoms with Gasteiger partial charge in [0.1, 0.15) is 12.4 Å². The second-order valence-electron chi connectivity index (χ2n) is 8.13. The van der Waals surface area contributed by atoms with Crippen molar-refractivity contribution >= 4 is 23.4 Å². The maximum atomic E-state index is 12.9. The summed E-state index contributed by atoms with van der Waals surface area (Å²) >= 11 is 0. The van der Waals surface area contributed by atoms with Crippen molar-refractivity contribution in [2.75, 3.05) is 16.8 Å². The summed E-state index contributed by atoms with van der Waals surface area (Å²) in [7, 11) is 0. The summed E-state index contributed by atoms with van der Waals surface area (Å²) in [5, 5.41) is 3.49. The lowest BCUT2D eigenvalue weighted by Crippen LogP contribution is -2.50. The standard InChI is InChI=1S/C26H26N2O2/c1-26(2)19-28(24-11-7-6-10-23(24)27-26)25(29)17-14-20-12-15-22(16-13-20)30-18-21-8-4-3-5-9-21/h3-17,27H,18-19H2,1-2H3/b17-14+. The molecular formula is C26H26N2O2. The molecule has 0 aliphatic carbocycles. The van der Waals surface area contributed by atoms with Crippen molar-refractivity contribution in [3.8, 4) is 5.75 Å². The van der Waals surface area contributed by atoms with Crippen molar-refractivity contribution in [1.29, 1.82) is 0 Å². The topological polar surface area (TPSA) is 41.6 Å². The van der Waals surface area contributed by atoms with Gasteiger partial charge in [-0.25, -0.2) is 0 Å². The number of para-hydroxylation sites is 2. The fraction of sp³-hybridized carbons (Fsp3) is 0.192. The Morgan fingerprint density at radius 2 is 1.70 bits per heavy atom. The van der Waals surface area contributed by atoms with Gasteiger partial charge in [0, 0.05) is 18.2 Å². The number of fused-ring (bicyclic) bond motifs is 1. The van der Waals surface area contributed by atoms with Crippen LogP contribution in [-0.4, -0.2) is 18.0 Å². The number of hydrogen-bond donors (Lipinski definition) is 1. The van der Waals surface area contributed by atoms with Crippen LogP contribution in [0.2, 0.25) is 0 Å². The Morgan fingerprint density at radius 3 is 2.47 bits per heavy atom. The number of carbonyl (C=O) groups excluding carboxylic acids is 1. The molecular weight excluding hydrogens is 372 g/mol. The van der Waals surface area contributed by atoms with Crippen molar-refractivity contribution in [2.45, 2.75) is 26.0 Å². The number of nitrogens with zero attached hydrogens (tertiary/aromatic N) is 1. The normalized spacial score (nSPS) is 14.8. The summed E-state index contributed by atoms with van der Waals surface area (Å²) in [5.74, 6) is 0.779. The lowest BCUT2D eigenvalue weighted by atomic mass is 9.99. The quantitative estimate of drug-likeness (QED) is 0.576. The average Bonchev–Trinajstić information content (AvgIpc) is 2.76. The highest BCUT2D eigenvalue weighted by Crippen LogP contribution is 2.34. The molecule has 0 atom stereocenters. The number of anilines is 2. The lowest BCUT2D eigenvalue weighted by molar-refractivity contribution is -0.114. The van der Waals surface area contributed by atoms with E-state index in [1.807, 2.05) is 89.8 Å². The first-order valence-corrected chi connectivity index (χ1v) is 10.1. The largest absolute Gasteiger partial charge is 0.489 e. The lowest BCUT2D eigenvalue weighted by Gasteiger charge is -2.40. The molecule has 0 unspecified atom stereocenters. The molecule has 1 aliphatic rings. The molecule has 1 heterocycles. The predicted molar refractivity (Wildman–Crippen MR) is 123 cm³/mol. The van der Waals surface area contributed by atoms with Gasteiger partial charge in [-0.2, -0.15) is 0 Å². The molecule has 4 rings (SSSR count). The Morgan fingerprint density at radius 1 is 1.00 bits per heavy atom. The molecule has 3 aromatic carbocycles. The summed E-state index contributed by atoms with van der Waals surface area (Å²) in [4.78, 5) is 14.8. The van der Waals surface area contributed by atoms with Crippen LogP contribution in [0.15, 0.2) is 84.9 Å². The van der Waals surface area contributed by atoms with E-state index in [1.54, 1.807) is 6.08 Å². The molecule has 3 aromatic rings. The third-order valence-electron chi connectivity index (χ3n) is 5.03. The van der Waals surface area contributed by atoms with Crippen LogP contribution in [0.3, 0.4) is 0 Å². The van der Waals surface area contributed by atoms with Crippen molar-refractivity contribution in [3.05, 3.63) is 96.1 Å². The molecule has 152 valence electrons. The van der Waals surface area contributed by atoms with Crippen molar-refractivity contribution in [3.63, 3.8) is 0 Å². The van der Waals surface area contributed by atoms with Crippen LogP contribution in [0.1, 0.15) is 25.0 Å². The van der Waals surface area contributed by atoms with E-state index in [1.165, 1.54) is 0 Å². The molecule has 0 spiro atoms. The molecule has 0 fully saturated rings. The maximum Gasteiger partial charge on any atom is 0.251 e. The Bertz CT molecular complexity index is 1040. The third kappa shape index (κ3) is 4.71. The number of nitrogens with one attached hydrogen (secondary N) is 1. The van der Waals surface area contributed by atoms with Gasteiger partial charge in [-0.1, -0.05) is 54.6 Å². The van der Waals surface area contributed by atoms with E-state index in [0.29, 0.717) is 13.2 Å². The summed E-state index contributed by atoms with van der Waals surface area (Å²) in [6, 6.07) is 25.8. The fourth-order valence-electron chi connectivity index (χ4n) is 3.57. The molecule has 1 amide bonds. The van der Waals surface area contributed by atoms with E-state index >= 15 is 0 Å². The zero-order chi connectivity index (χ0) is 21.0. The minimum absolute atomic E-state index is 0.0265. The van der Waals surface area contributed by atoms with Crippen LogP contribution >= 0.6 is 0 Å². The van der Waals surface area contributed by atoms with E-state index in [-0.39, 0.29) is 11.4 Å². The first kappa shape index (κ1) is 19.8. The van der Waals surface area contributed by atoms with E-state index < -0.39 is 0 Å². The highest BCUT2D eigenvalue weighted by molar-refractivity contribution is 6.06. The minimum Gasteiger partial charge on any atom is -0.489 e. The van der Waals surface area contributed by atoms with Crippen LogP contribution in [0.4, 0.5) is 11.4 Å². The number of benzene rings is 3. The minimum atomic E-state index is -0.185. The van der Waals surface area contributed by atoms with Crippen LogP contribution in [0, 0.1) is 0 Å². The van der Waals surface area contributed by atoms with E-state index in [9.17, 15) is 4.79 Å². The zero-order valence-corrected chi connectivity index (χ0v) is 17.3. The van der Waals surface area contributed by atoms with Gasteiger partial charge in [-0.3, -0.25) is 4.79 Å². The molecule has 30 heavy (non-hydrogen) atoms. The predicted octanol–water partition coefficient (Wildman–Crippen LogP) is 5.52. The third-order valence-corrected chi connectivity index (χ3v) is 5.03. The maximum absolute atomic E-state index is 12.9. The number of rotatable bonds is 5. The van der Waals surface area contributed by atoms with Crippen molar-refractivity contribution in [2.24, 2.45) is 0 Å². The van der Waals surface area contributed by atoms with Crippen LogP contribution in [0.25, 0.3) is 6.08 Å². The number of ether oxygens (including phenoxy) is 1. The molecule has 4 heteroatoms. The fourth-order valence-corrected chi connectivity index (χ4v) is 3.57. The summed E-state index contributed by atoms with van der Waals surface area (Å²) in [6.45, 7) is 5.34. The molecule has 0 aromatic heterocycles. The average molecular weight is 399 g/mol. The Kier molecular flexibility index (Phi) is 5.57. The van der Waals surface area contributed by atoms with E-state index in [2.05, 4.69) is 19.2 Å². The van der Waals surface area contributed by atoms with Crippen molar-refractivity contribution < 1.29 is 9.53 Å². The number of carbonyl (C=O) groups is 1. The summed E-state index contributed by atoms with van der Waals surface area (Å²) in [6.07, 6.45) is 3.49. The van der Waals surface area contributed by atoms with Crippen molar-refractivity contribution in [1.82, 2.24) is 0 Å². The summed E-state index contributed by atoms with van der Waals surface area (Å²) < 4.78 is 5.82. The zero-order valence-electron chi connectivity index (χ0n) is 17.3. The molecule has 1 aliphatic heterocycles. The SMILES string of the molecule is CC1(C)CN(C(=O)/C=C/c2ccc(OCc3ccccc3)cc2)c2ccccc2N1. The monoisotopic (exact) mass is 398 g/mol. The van der Waals surface area contributed by atoms with Gasteiger partial charge in [0.25, 0.3) is 5.91 Å². The molecule has 0 radical (unpaired) electrons. The molecule has 1 N–H and O–H groups in total. The number of hydrogen-bond acceptors (Lipinski definition) is 3. The Balaban J connectivity index is 1.42. The number of amides is 1. The second-order valence-corrected chi connectivity index (χ2v) is 8.13. The molecule has 0 bridgehead atoms. The van der Waals surface area contributed by atoms with E-state index in [4.69, 9.17) is 4.74 Å². The van der Waals surface area contributed by atoms with Gasteiger partial charge in [-0.05, 0) is 55.3 Å². The van der Waals surface area contributed by atoms with Crippen LogP contribution in [-0.2, 0) is 11.4 Å². The Hall–Kier alpha value is -3.53. The smallest absolute Gasteiger partial charge is 0.251 e. The van der Waals surface area contributed by atoms with Gasteiger partial charge in [0.05, 0.1) is 11.4 Å².